The van der Waals surface area contributed by atoms with Crippen molar-refractivity contribution < 1.29 is 27.1 Å². The molecule has 0 aliphatic carbocycles. The molecular weight excluding hydrogens is 477 g/mol. The minimum absolute atomic E-state index is 0.228. The van der Waals surface area contributed by atoms with Gasteiger partial charge in [-0.3, -0.25) is 10.1 Å². The first-order chi connectivity index (χ1) is 15.7. The molecule has 0 saturated carbocycles. The summed E-state index contributed by atoms with van der Waals surface area (Å²) in [5.41, 5.74) is 0.222. The first-order valence-corrected chi connectivity index (χ1v) is 10.8. The van der Waals surface area contributed by atoms with Gasteiger partial charge in [-0.1, -0.05) is 17.7 Å². The maximum atomic E-state index is 13.0. The van der Waals surface area contributed by atoms with E-state index in [1.54, 1.807) is 25.3 Å². The Hall–Kier alpha value is -3.30. The number of rotatable bonds is 6. The van der Waals surface area contributed by atoms with Gasteiger partial charge in [-0.05, 0) is 48.0 Å². The van der Waals surface area contributed by atoms with Crippen LogP contribution in [0.4, 0.5) is 18.3 Å². The van der Waals surface area contributed by atoms with E-state index in [9.17, 15) is 18.0 Å². The molecule has 33 heavy (non-hydrogen) atoms. The molecule has 0 unspecified atom stereocenters. The molecule has 10 heteroatoms. The lowest BCUT2D eigenvalue weighted by molar-refractivity contribution is -0.137. The molecule has 0 bridgehead atoms. The Balaban J connectivity index is 1.40. The average Bonchev–Trinajstić information content (AvgIpc) is 3.38. The molecule has 2 heterocycles. The number of carbonyl (C=O) groups is 1. The van der Waals surface area contributed by atoms with Gasteiger partial charge in [0.25, 0.3) is 0 Å². The number of alkyl halides is 3. The summed E-state index contributed by atoms with van der Waals surface area (Å²) in [7, 11) is 1.58. The summed E-state index contributed by atoms with van der Waals surface area (Å²) in [5, 5.41) is 3.46. The van der Waals surface area contributed by atoms with Crippen LogP contribution in [-0.4, -0.2) is 18.0 Å². The molecule has 170 valence electrons. The van der Waals surface area contributed by atoms with E-state index in [1.807, 2.05) is 6.07 Å². The minimum Gasteiger partial charge on any atom is -0.497 e. The fourth-order valence-electron chi connectivity index (χ4n) is 3.10. The van der Waals surface area contributed by atoms with Crippen LogP contribution in [0.1, 0.15) is 21.8 Å². The van der Waals surface area contributed by atoms with Crippen molar-refractivity contribution in [3.05, 3.63) is 81.5 Å². The SMILES string of the molecule is COc1ccc2oc(C=CC(=O)Nc3ncc(Cc4ccc(Cl)c(C(F)(F)F)c4)s3)cc2c1. The largest absolute Gasteiger partial charge is 0.497 e. The van der Waals surface area contributed by atoms with Crippen LogP contribution in [0.5, 0.6) is 5.75 Å². The number of hydrogen-bond donors (Lipinski definition) is 1. The third kappa shape index (κ3) is 5.55. The van der Waals surface area contributed by atoms with Crippen LogP contribution in [0.3, 0.4) is 0 Å². The van der Waals surface area contributed by atoms with Gasteiger partial charge in [-0.15, -0.1) is 11.3 Å². The van der Waals surface area contributed by atoms with Crippen LogP contribution in [0, 0.1) is 0 Å². The van der Waals surface area contributed by atoms with Crippen LogP contribution in [-0.2, 0) is 17.4 Å². The molecule has 4 rings (SSSR count). The van der Waals surface area contributed by atoms with Gasteiger partial charge in [0, 0.05) is 29.0 Å². The number of hydrogen-bond acceptors (Lipinski definition) is 5. The molecule has 1 N–H and O–H groups in total. The van der Waals surface area contributed by atoms with Gasteiger partial charge < -0.3 is 9.15 Å². The fraction of sp³-hybridized carbons (Fsp3) is 0.130. The second-order valence-corrected chi connectivity index (χ2v) is 8.52. The Morgan fingerprint density at radius 1 is 1.24 bits per heavy atom. The van der Waals surface area contributed by atoms with Gasteiger partial charge in [0.15, 0.2) is 5.13 Å². The standard InChI is InChI=1S/C23H16ClF3N2O3S/c1-31-15-3-6-20-14(10-15)11-16(32-20)4-7-21(30)29-22-28-12-17(33-22)8-13-2-5-19(24)18(9-13)23(25,26)27/h2-7,9-12H,8H2,1H3,(H,28,29,30). The minimum atomic E-state index is -4.53. The lowest BCUT2D eigenvalue weighted by atomic mass is 10.1. The lowest BCUT2D eigenvalue weighted by Crippen LogP contribution is -2.07. The molecule has 0 radical (unpaired) electrons. The van der Waals surface area contributed by atoms with Crippen molar-refractivity contribution in [2.45, 2.75) is 12.6 Å². The molecule has 5 nitrogen and oxygen atoms in total. The van der Waals surface area contributed by atoms with Crippen LogP contribution < -0.4 is 10.1 Å². The van der Waals surface area contributed by atoms with Crippen molar-refractivity contribution in [2.75, 3.05) is 12.4 Å². The number of nitrogens with zero attached hydrogens (tertiary/aromatic N) is 1. The van der Waals surface area contributed by atoms with Crippen molar-refractivity contribution in [1.29, 1.82) is 0 Å². The van der Waals surface area contributed by atoms with Crippen LogP contribution >= 0.6 is 22.9 Å². The number of anilines is 1. The van der Waals surface area contributed by atoms with Crippen molar-refractivity contribution in [1.82, 2.24) is 4.98 Å². The molecule has 1 amide bonds. The zero-order valence-electron chi connectivity index (χ0n) is 17.1. The van der Waals surface area contributed by atoms with Gasteiger partial charge in [-0.25, -0.2) is 4.98 Å². The van der Waals surface area contributed by atoms with E-state index in [0.717, 1.165) is 11.5 Å². The van der Waals surface area contributed by atoms with E-state index in [0.29, 0.717) is 32.7 Å². The lowest BCUT2D eigenvalue weighted by Gasteiger charge is -2.10. The molecule has 2 aromatic carbocycles. The highest BCUT2D eigenvalue weighted by Gasteiger charge is 2.33. The number of fused-ring (bicyclic) bond motifs is 1. The van der Waals surface area contributed by atoms with Crippen LogP contribution in [0.25, 0.3) is 17.0 Å². The first kappa shape index (κ1) is 22.9. The van der Waals surface area contributed by atoms with E-state index < -0.39 is 17.6 Å². The fourth-order valence-corrected chi connectivity index (χ4v) is 4.18. The molecule has 0 fully saturated rings. The second kappa shape index (κ2) is 9.29. The number of halogens is 4. The van der Waals surface area contributed by atoms with E-state index in [4.69, 9.17) is 20.8 Å². The van der Waals surface area contributed by atoms with Gasteiger partial charge in [0.2, 0.25) is 5.91 Å². The topological polar surface area (TPSA) is 64.4 Å². The number of amides is 1. The van der Waals surface area contributed by atoms with E-state index in [-0.39, 0.29) is 11.4 Å². The number of nitrogens with one attached hydrogen (secondary N) is 1. The highest BCUT2D eigenvalue weighted by Crippen LogP contribution is 2.36. The number of carbonyl (C=O) groups excluding carboxylic acids is 1. The van der Waals surface area contributed by atoms with Crippen molar-refractivity contribution >= 4 is 51.0 Å². The molecule has 0 aliphatic heterocycles. The average molecular weight is 493 g/mol. The molecule has 0 atom stereocenters. The van der Waals surface area contributed by atoms with Gasteiger partial charge in [0.05, 0.1) is 17.7 Å². The number of benzene rings is 2. The smallest absolute Gasteiger partial charge is 0.417 e. The Labute approximate surface area is 195 Å². The predicted octanol–water partition coefficient (Wildman–Crippen LogP) is 6.81. The maximum Gasteiger partial charge on any atom is 0.417 e. The number of methoxy groups -OCH3 is 1. The Bertz CT molecular complexity index is 1340. The highest BCUT2D eigenvalue weighted by molar-refractivity contribution is 7.15. The number of thiazole rings is 1. The number of aromatic nitrogens is 1. The molecule has 0 aliphatic rings. The first-order valence-electron chi connectivity index (χ1n) is 9.58. The van der Waals surface area contributed by atoms with Gasteiger partial charge >= 0.3 is 6.18 Å². The van der Waals surface area contributed by atoms with Crippen molar-refractivity contribution in [3.63, 3.8) is 0 Å². The zero-order chi connectivity index (χ0) is 23.6. The van der Waals surface area contributed by atoms with E-state index in [1.165, 1.54) is 41.8 Å². The monoisotopic (exact) mass is 492 g/mol. The third-order valence-electron chi connectivity index (χ3n) is 4.64. The van der Waals surface area contributed by atoms with Gasteiger partial charge in [-0.2, -0.15) is 13.2 Å². The van der Waals surface area contributed by atoms with E-state index in [2.05, 4.69) is 10.3 Å². The normalized spacial score (nSPS) is 11.9. The quantitative estimate of drug-likeness (QED) is 0.300. The Morgan fingerprint density at radius 2 is 2.06 bits per heavy atom. The third-order valence-corrected chi connectivity index (χ3v) is 5.88. The van der Waals surface area contributed by atoms with Crippen LogP contribution in [0.2, 0.25) is 5.02 Å². The van der Waals surface area contributed by atoms with Crippen molar-refractivity contribution in [2.24, 2.45) is 0 Å². The molecule has 0 saturated heterocycles. The molecular formula is C23H16ClF3N2O3S. The predicted molar refractivity (Wildman–Crippen MR) is 122 cm³/mol. The Morgan fingerprint density at radius 3 is 2.82 bits per heavy atom. The van der Waals surface area contributed by atoms with Crippen LogP contribution in [0.15, 0.2) is 59.2 Å². The maximum absolute atomic E-state index is 13.0. The van der Waals surface area contributed by atoms with Gasteiger partial charge in [0.1, 0.15) is 17.1 Å². The summed E-state index contributed by atoms with van der Waals surface area (Å²) in [5.74, 6) is 0.778. The number of ether oxygens (including phenoxy) is 1. The second-order valence-electron chi connectivity index (χ2n) is 7.00. The Kier molecular flexibility index (Phi) is 6.44. The molecule has 4 aromatic rings. The van der Waals surface area contributed by atoms with Crippen molar-refractivity contribution in [3.8, 4) is 5.75 Å². The summed E-state index contributed by atoms with van der Waals surface area (Å²) in [4.78, 5) is 17.0. The summed E-state index contributed by atoms with van der Waals surface area (Å²) >= 11 is 6.83. The number of furan rings is 1. The molecule has 0 spiro atoms. The van der Waals surface area contributed by atoms with E-state index >= 15 is 0 Å². The summed E-state index contributed by atoms with van der Waals surface area (Å²) < 4.78 is 50.0. The zero-order valence-corrected chi connectivity index (χ0v) is 18.6. The summed E-state index contributed by atoms with van der Waals surface area (Å²) in [6, 6.07) is 10.9. The summed E-state index contributed by atoms with van der Waals surface area (Å²) in [6.07, 6.45) is 0.0519. The molecule has 2 aromatic heterocycles. The highest BCUT2D eigenvalue weighted by atomic mass is 35.5. The summed E-state index contributed by atoms with van der Waals surface area (Å²) in [6.45, 7) is 0.